The number of nitrogens with zero attached hydrogens (tertiary/aromatic N) is 1. The van der Waals surface area contributed by atoms with Crippen LogP contribution < -0.4 is 0 Å². The van der Waals surface area contributed by atoms with E-state index in [0.29, 0.717) is 24.8 Å². The van der Waals surface area contributed by atoms with Crippen molar-refractivity contribution < 1.29 is 19.4 Å². The van der Waals surface area contributed by atoms with E-state index < -0.39 is 5.97 Å². The van der Waals surface area contributed by atoms with Crippen LogP contribution in [0.4, 0.5) is 0 Å². The Bertz CT molecular complexity index is 703. The summed E-state index contributed by atoms with van der Waals surface area (Å²) in [5, 5.41) is 16.9. The Morgan fingerprint density at radius 2 is 1.52 bits per heavy atom. The Hall–Kier alpha value is -3.13. The van der Waals surface area contributed by atoms with Gasteiger partial charge in [0.1, 0.15) is 0 Å². The Balaban J connectivity index is 0.000000257. The fourth-order valence-corrected chi connectivity index (χ4v) is 1.99. The maximum absolute atomic E-state index is 10.8. The van der Waals surface area contributed by atoms with Crippen LogP contribution in [0.2, 0.25) is 0 Å². The quantitative estimate of drug-likeness (QED) is 0.815. The molecule has 0 heterocycles. The first-order valence-electron chi connectivity index (χ1n) is 7.86. The molecule has 0 aliphatic heterocycles. The van der Waals surface area contributed by atoms with Crippen molar-refractivity contribution in [1.29, 1.82) is 5.26 Å². The number of carboxylic acids is 1. The number of hydrogen-bond acceptors (Lipinski definition) is 4. The molecule has 0 radical (unpaired) electrons. The van der Waals surface area contributed by atoms with Gasteiger partial charge in [-0.15, -0.1) is 0 Å². The predicted octanol–water partition coefficient (Wildman–Crippen LogP) is 3.37. The number of methoxy groups -OCH3 is 1. The van der Waals surface area contributed by atoms with E-state index in [1.165, 1.54) is 7.11 Å². The first-order valence-corrected chi connectivity index (χ1v) is 7.86. The Morgan fingerprint density at radius 1 is 0.960 bits per heavy atom. The fourth-order valence-electron chi connectivity index (χ4n) is 1.99. The van der Waals surface area contributed by atoms with Crippen LogP contribution in [-0.2, 0) is 27.2 Å². The van der Waals surface area contributed by atoms with Crippen molar-refractivity contribution in [3.8, 4) is 6.07 Å². The maximum Gasteiger partial charge on any atom is 0.305 e. The minimum atomic E-state index is -0.742. The number of carbonyl (C=O) groups is 2. The van der Waals surface area contributed by atoms with Crippen LogP contribution in [0.25, 0.3) is 0 Å². The SMILES string of the molecule is COC(=O)CCc1ccc(C#N)cc1.O=C(O)CCc1ccccc1. The summed E-state index contributed by atoms with van der Waals surface area (Å²) >= 11 is 0. The molecule has 0 unspecified atom stereocenters. The van der Waals surface area contributed by atoms with Gasteiger partial charge >= 0.3 is 11.9 Å². The zero-order valence-corrected chi connectivity index (χ0v) is 14.1. The second-order valence-corrected chi connectivity index (χ2v) is 5.26. The van der Waals surface area contributed by atoms with Crippen LogP contribution in [0.5, 0.6) is 0 Å². The third-order valence-electron chi connectivity index (χ3n) is 3.40. The van der Waals surface area contributed by atoms with Gasteiger partial charge in [-0.1, -0.05) is 42.5 Å². The summed E-state index contributed by atoms with van der Waals surface area (Å²) in [4.78, 5) is 21.0. The highest BCUT2D eigenvalue weighted by atomic mass is 16.5. The average Bonchev–Trinajstić information content (AvgIpc) is 2.66. The van der Waals surface area contributed by atoms with Gasteiger partial charge in [-0.3, -0.25) is 9.59 Å². The summed E-state index contributed by atoms with van der Waals surface area (Å²) in [6.45, 7) is 0. The van der Waals surface area contributed by atoms with Crippen LogP contribution >= 0.6 is 0 Å². The van der Waals surface area contributed by atoms with Crippen LogP contribution in [0.1, 0.15) is 29.5 Å². The molecule has 0 amide bonds. The molecule has 0 saturated heterocycles. The minimum absolute atomic E-state index is 0.212. The van der Waals surface area contributed by atoms with E-state index in [4.69, 9.17) is 10.4 Å². The van der Waals surface area contributed by atoms with Crippen molar-refractivity contribution in [2.75, 3.05) is 7.11 Å². The van der Waals surface area contributed by atoms with E-state index in [1.54, 1.807) is 12.1 Å². The van der Waals surface area contributed by atoms with Crippen LogP contribution in [0, 0.1) is 11.3 Å². The maximum atomic E-state index is 10.8. The highest BCUT2D eigenvalue weighted by molar-refractivity contribution is 5.69. The molecule has 0 atom stereocenters. The number of hydrogen-bond donors (Lipinski definition) is 1. The lowest BCUT2D eigenvalue weighted by Crippen LogP contribution is -2.01. The normalized spacial score (nSPS) is 9.28. The zero-order chi connectivity index (χ0) is 18.5. The van der Waals surface area contributed by atoms with Gasteiger partial charge in [0, 0.05) is 12.8 Å². The summed E-state index contributed by atoms with van der Waals surface area (Å²) < 4.78 is 4.53. The van der Waals surface area contributed by atoms with Crippen molar-refractivity contribution in [3.05, 3.63) is 71.3 Å². The number of rotatable bonds is 6. The summed E-state index contributed by atoms with van der Waals surface area (Å²) in [5.41, 5.74) is 2.75. The molecule has 0 saturated carbocycles. The molecule has 25 heavy (non-hydrogen) atoms. The third kappa shape index (κ3) is 8.92. The lowest BCUT2D eigenvalue weighted by molar-refractivity contribution is -0.140. The number of carbonyl (C=O) groups excluding carboxylic acids is 1. The van der Waals surface area contributed by atoms with E-state index >= 15 is 0 Å². The van der Waals surface area contributed by atoms with Crippen molar-refractivity contribution in [2.24, 2.45) is 0 Å². The van der Waals surface area contributed by atoms with Gasteiger partial charge in [0.05, 0.1) is 18.7 Å². The lowest BCUT2D eigenvalue weighted by atomic mass is 10.1. The Kier molecular flexibility index (Phi) is 9.09. The molecular weight excluding hydrogens is 318 g/mol. The summed E-state index contributed by atoms with van der Waals surface area (Å²) in [6.07, 6.45) is 1.86. The van der Waals surface area contributed by atoms with E-state index in [2.05, 4.69) is 4.74 Å². The van der Waals surface area contributed by atoms with E-state index in [-0.39, 0.29) is 12.4 Å². The molecule has 0 aliphatic carbocycles. The molecule has 2 rings (SSSR count). The van der Waals surface area contributed by atoms with Crippen molar-refractivity contribution >= 4 is 11.9 Å². The Morgan fingerprint density at radius 3 is 2.04 bits per heavy atom. The zero-order valence-electron chi connectivity index (χ0n) is 14.1. The number of carboxylic acid groups (broad SMARTS) is 1. The number of aliphatic carboxylic acids is 1. The van der Waals surface area contributed by atoms with Crippen LogP contribution in [0.3, 0.4) is 0 Å². The summed E-state index contributed by atoms with van der Waals surface area (Å²) in [5.74, 6) is -0.955. The molecule has 5 heteroatoms. The van der Waals surface area contributed by atoms with E-state index in [1.807, 2.05) is 48.5 Å². The minimum Gasteiger partial charge on any atom is -0.481 e. The Labute approximate surface area is 147 Å². The molecule has 130 valence electrons. The van der Waals surface area contributed by atoms with Crippen molar-refractivity contribution in [2.45, 2.75) is 25.7 Å². The van der Waals surface area contributed by atoms with Crippen molar-refractivity contribution in [3.63, 3.8) is 0 Å². The molecule has 1 N–H and O–H groups in total. The fraction of sp³-hybridized carbons (Fsp3) is 0.250. The van der Waals surface area contributed by atoms with Gasteiger partial charge in [0.25, 0.3) is 0 Å². The van der Waals surface area contributed by atoms with Crippen LogP contribution in [-0.4, -0.2) is 24.2 Å². The molecule has 2 aromatic rings. The summed E-state index contributed by atoms with van der Waals surface area (Å²) in [6, 6.07) is 18.8. The summed E-state index contributed by atoms with van der Waals surface area (Å²) in [7, 11) is 1.38. The van der Waals surface area contributed by atoms with Gasteiger partial charge < -0.3 is 9.84 Å². The van der Waals surface area contributed by atoms with Gasteiger partial charge in [-0.05, 0) is 36.1 Å². The number of esters is 1. The highest BCUT2D eigenvalue weighted by Crippen LogP contribution is 2.06. The first kappa shape index (κ1) is 19.9. The first-order chi connectivity index (χ1) is 12.0. The standard InChI is InChI=1S/C11H11NO2.C9H10O2/c1-14-11(13)7-6-9-2-4-10(8-12)5-3-9;10-9(11)7-6-8-4-2-1-3-5-8/h2-5H,6-7H2,1H3;1-5H,6-7H2,(H,10,11). The molecule has 0 bridgehead atoms. The largest absolute Gasteiger partial charge is 0.481 e. The molecule has 0 aliphatic rings. The number of benzene rings is 2. The third-order valence-corrected chi connectivity index (χ3v) is 3.40. The van der Waals surface area contributed by atoms with Gasteiger partial charge in [-0.2, -0.15) is 5.26 Å². The van der Waals surface area contributed by atoms with Crippen molar-refractivity contribution in [1.82, 2.24) is 0 Å². The molecule has 2 aromatic carbocycles. The van der Waals surface area contributed by atoms with E-state index in [0.717, 1.165) is 11.1 Å². The average molecular weight is 339 g/mol. The number of aryl methyl sites for hydroxylation is 2. The molecule has 0 aromatic heterocycles. The number of nitriles is 1. The molecule has 0 spiro atoms. The van der Waals surface area contributed by atoms with Gasteiger partial charge in [0.2, 0.25) is 0 Å². The van der Waals surface area contributed by atoms with Crippen LogP contribution in [0.15, 0.2) is 54.6 Å². The molecular formula is C20H21NO4. The van der Waals surface area contributed by atoms with E-state index in [9.17, 15) is 9.59 Å². The second kappa shape index (κ2) is 11.4. The van der Waals surface area contributed by atoms with Gasteiger partial charge in [-0.25, -0.2) is 0 Å². The second-order valence-electron chi connectivity index (χ2n) is 5.26. The predicted molar refractivity (Wildman–Crippen MR) is 93.9 cm³/mol. The molecule has 5 nitrogen and oxygen atoms in total. The van der Waals surface area contributed by atoms with Gasteiger partial charge in [0.15, 0.2) is 0 Å². The topological polar surface area (TPSA) is 87.4 Å². The molecule has 0 fully saturated rings. The monoisotopic (exact) mass is 339 g/mol. The highest BCUT2D eigenvalue weighted by Gasteiger charge is 2.01. The number of ether oxygens (including phenoxy) is 1. The lowest BCUT2D eigenvalue weighted by Gasteiger charge is -1.99. The smallest absolute Gasteiger partial charge is 0.305 e.